The summed E-state index contributed by atoms with van der Waals surface area (Å²) in [6.07, 6.45) is 7.27. The Morgan fingerprint density at radius 2 is 1.83 bits per heavy atom. The van der Waals surface area contributed by atoms with Gasteiger partial charge in [0.2, 0.25) is 0 Å². The molecule has 0 aromatic carbocycles. The van der Waals surface area contributed by atoms with E-state index in [1.165, 1.54) is 19.3 Å². The van der Waals surface area contributed by atoms with Crippen LogP contribution >= 0.6 is 12.2 Å². The number of hydrogen-bond donors (Lipinski definition) is 3. The van der Waals surface area contributed by atoms with Crippen LogP contribution in [0.4, 0.5) is 4.79 Å². The van der Waals surface area contributed by atoms with Crippen molar-refractivity contribution >= 4 is 23.2 Å². The molecule has 0 unspecified atom stereocenters. The van der Waals surface area contributed by atoms with E-state index in [0.29, 0.717) is 11.0 Å². The molecular formula is C13H25N3OS. The van der Waals surface area contributed by atoms with E-state index in [9.17, 15) is 4.79 Å². The summed E-state index contributed by atoms with van der Waals surface area (Å²) < 4.78 is 0. The zero-order valence-electron chi connectivity index (χ0n) is 11.4. The summed E-state index contributed by atoms with van der Waals surface area (Å²) in [6.45, 7) is 3.98. The van der Waals surface area contributed by atoms with Crippen LogP contribution in [-0.4, -0.2) is 22.6 Å². The Hall–Kier alpha value is -0.840. The van der Waals surface area contributed by atoms with Gasteiger partial charge in [0.25, 0.3) is 0 Å². The number of carbonyl (C=O) groups excluding carboxylic acids is 1. The van der Waals surface area contributed by atoms with E-state index in [1.807, 2.05) is 13.8 Å². The van der Waals surface area contributed by atoms with Crippen molar-refractivity contribution in [3.05, 3.63) is 0 Å². The molecule has 0 aromatic heterocycles. The largest absolute Gasteiger partial charge is 0.391 e. The molecule has 0 aromatic rings. The molecule has 1 aliphatic rings. The van der Waals surface area contributed by atoms with Gasteiger partial charge >= 0.3 is 6.03 Å². The van der Waals surface area contributed by atoms with Gasteiger partial charge in [-0.15, -0.1) is 0 Å². The predicted molar refractivity (Wildman–Crippen MR) is 78.6 cm³/mol. The van der Waals surface area contributed by atoms with E-state index < -0.39 is 5.54 Å². The first-order valence-electron chi connectivity index (χ1n) is 6.92. The van der Waals surface area contributed by atoms with Crippen molar-refractivity contribution in [2.24, 2.45) is 5.73 Å². The lowest BCUT2D eigenvalue weighted by Crippen LogP contribution is -2.59. The molecule has 0 bridgehead atoms. The summed E-state index contributed by atoms with van der Waals surface area (Å²) >= 11 is 5.09. The lowest BCUT2D eigenvalue weighted by Gasteiger charge is -2.33. The number of thiocarbonyl (C=S) groups is 1. The van der Waals surface area contributed by atoms with Crippen LogP contribution < -0.4 is 16.4 Å². The summed E-state index contributed by atoms with van der Waals surface area (Å²) in [5.74, 6) is 0. The van der Waals surface area contributed by atoms with Gasteiger partial charge in [-0.05, 0) is 25.7 Å². The SMILES string of the molecule is CCC(CC)(NC(=O)NC1CCCCC1)C(N)=S. The number of nitrogens with two attached hydrogens (primary N) is 1. The number of carbonyl (C=O) groups is 1. The molecule has 5 heteroatoms. The molecule has 2 amide bonds. The Morgan fingerprint density at radius 3 is 2.28 bits per heavy atom. The molecule has 1 rings (SSSR count). The normalized spacial score (nSPS) is 17.2. The smallest absolute Gasteiger partial charge is 0.315 e. The van der Waals surface area contributed by atoms with Gasteiger partial charge in [0.1, 0.15) is 0 Å². The molecule has 0 heterocycles. The van der Waals surface area contributed by atoms with E-state index in [2.05, 4.69) is 10.6 Å². The summed E-state index contributed by atoms with van der Waals surface area (Å²) in [4.78, 5) is 12.4. The minimum Gasteiger partial charge on any atom is -0.391 e. The van der Waals surface area contributed by atoms with Gasteiger partial charge in [-0.2, -0.15) is 0 Å². The van der Waals surface area contributed by atoms with Gasteiger partial charge in [-0.1, -0.05) is 45.3 Å². The maximum atomic E-state index is 12.0. The summed E-state index contributed by atoms with van der Waals surface area (Å²) in [5.41, 5.74) is 5.22. The fraction of sp³-hybridized carbons (Fsp3) is 0.846. The second kappa shape index (κ2) is 6.92. The first-order chi connectivity index (χ1) is 8.54. The number of amides is 2. The van der Waals surface area contributed by atoms with Crippen molar-refractivity contribution < 1.29 is 4.79 Å². The Bertz CT molecular complexity index is 297. The minimum atomic E-state index is -0.548. The highest BCUT2D eigenvalue weighted by Crippen LogP contribution is 2.18. The molecule has 0 saturated heterocycles. The van der Waals surface area contributed by atoms with Crippen molar-refractivity contribution in [1.82, 2.24) is 10.6 Å². The van der Waals surface area contributed by atoms with Crippen LogP contribution in [-0.2, 0) is 0 Å². The van der Waals surface area contributed by atoms with Crippen LogP contribution in [0, 0.1) is 0 Å². The second-order valence-electron chi connectivity index (χ2n) is 5.09. The summed E-state index contributed by atoms with van der Waals surface area (Å²) in [5, 5.41) is 5.99. The molecule has 1 saturated carbocycles. The highest BCUT2D eigenvalue weighted by Gasteiger charge is 2.31. The van der Waals surface area contributed by atoms with Gasteiger partial charge in [0.15, 0.2) is 0 Å². The molecule has 0 radical (unpaired) electrons. The molecule has 4 nitrogen and oxygen atoms in total. The molecule has 0 aliphatic heterocycles. The Morgan fingerprint density at radius 1 is 1.28 bits per heavy atom. The lowest BCUT2D eigenvalue weighted by atomic mass is 9.92. The van der Waals surface area contributed by atoms with Crippen LogP contribution in [0.5, 0.6) is 0 Å². The van der Waals surface area contributed by atoms with Gasteiger partial charge in [-0.25, -0.2) is 4.79 Å². The van der Waals surface area contributed by atoms with Gasteiger partial charge in [0.05, 0.1) is 10.5 Å². The van der Waals surface area contributed by atoms with Crippen molar-refractivity contribution in [3.8, 4) is 0 Å². The Kier molecular flexibility index (Phi) is 5.85. The van der Waals surface area contributed by atoms with Gasteiger partial charge in [-0.3, -0.25) is 0 Å². The lowest BCUT2D eigenvalue weighted by molar-refractivity contribution is 0.223. The highest BCUT2D eigenvalue weighted by atomic mass is 32.1. The van der Waals surface area contributed by atoms with Crippen LogP contribution in [0.15, 0.2) is 0 Å². The zero-order chi connectivity index (χ0) is 13.6. The van der Waals surface area contributed by atoms with Gasteiger partial charge < -0.3 is 16.4 Å². The van der Waals surface area contributed by atoms with Crippen molar-refractivity contribution in [2.75, 3.05) is 0 Å². The van der Waals surface area contributed by atoms with E-state index >= 15 is 0 Å². The van der Waals surface area contributed by atoms with Gasteiger partial charge in [0, 0.05) is 6.04 Å². The average molecular weight is 271 g/mol. The summed E-state index contributed by atoms with van der Waals surface area (Å²) in [7, 11) is 0. The van der Waals surface area contributed by atoms with E-state index in [0.717, 1.165) is 25.7 Å². The second-order valence-corrected chi connectivity index (χ2v) is 5.53. The summed E-state index contributed by atoms with van der Waals surface area (Å²) in [6, 6.07) is 0.162. The third-order valence-corrected chi connectivity index (χ3v) is 4.36. The average Bonchev–Trinajstić information content (AvgIpc) is 2.37. The van der Waals surface area contributed by atoms with E-state index in [4.69, 9.17) is 18.0 Å². The zero-order valence-corrected chi connectivity index (χ0v) is 12.2. The predicted octanol–water partition coefficient (Wildman–Crippen LogP) is 2.46. The van der Waals surface area contributed by atoms with Crippen LogP contribution in [0.3, 0.4) is 0 Å². The van der Waals surface area contributed by atoms with Crippen LogP contribution in [0.25, 0.3) is 0 Å². The first-order valence-corrected chi connectivity index (χ1v) is 7.33. The van der Waals surface area contributed by atoms with E-state index in [1.54, 1.807) is 0 Å². The molecule has 104 valence electrons. The fourth-order valence-electron chi connectivity index (χ4n) is 2.52. The van der Waals surface area contributed by atoms with E-state index in [-0.39, 0.29) is 6.03 Å². The monoisotopic (exact) mass is 271 g/mol. The number of urea groups is 1. The molecular weight excluding hydrogens is 246 g/mol. The van der Waals surface area contributed by atoms with Crippen LogP contribution in [0.1, 0.15) is 58.8 Å². The first kappa shape index (κ1) is 15.2. The minimum absolute atomic E-state index is 0.140. The van der Waals surface area contributed by atoms with Crippen LogP contribution in [0.2, 0.25) is 0 Å². The molecule has 1 aliphatic carbocycles. The van der Waals surface area contributed by atoms with Crippen molar-refractivity contribution in [1.29, 1.82) is 0 Å². The fourth-order valence-corrected chi connectivity index (χ4v) is 2.86. The standard InChI is InChI=1S/C13H25N3OS/c1-3-13(4-2,11(14)18)16-12(17)15-10-8-6-5-7-9-10/h10H,3-9H2,1-2H3,(H2,14,18)(H2,15,16,17). The third kappa shape index (κ3) is 3.83. The Balaban J connectivity index is 2.53. The maximum Gasteiger partial charge on any atom is 0.315 e. The number of hydrogen-bond acceptors (Lipinski definition) is 2. The number of nitrogens with one attached hydrogen (secondary N) is 2. The van der Waals surface area contributed by atoms with Crippen molar-refractivity contribution in [3.63, 3.8) is 0 Å². The maximum absolute atomic E-state index is 12.0. The Labute approximate surface area is 115 Å². The topological polar surface area (TPSA) is 67.2 Å². The highest BCUT2D eigenvalue weighted by molar-refractivity contribution is 7.80. The third-order valence-electron chi connectivity index (χ3n) is 3.97. The molecule has 0 atom stereocenters. The molecule has 1 fully saturated rings. The molecule has 18 heavy (non-hydrogen) atoms. The molecule has 0 spiro atoms. The number of rotatable bonds is 5. The quantitative estimate of drug-likeness (QED) is 0.673. The van der Waals surface area contributed by atoms with Crippen molar-refractivity contribution in [2.45, 2.75) is 70.4 Å². The molecule has 4 N–H and O–H groups in total.